The number of halogens is 1. The molecule has 24 valence electrons. The summed E-state index contributed by atoms with van der Waals surface area (Å²) in [5.41, 5.74) is 13.5. The second-order valence-corrected chi connectivity index (χ2v) is 0.0894. The van der Waals surface area contributed by atoms with Crippen LogP contribution in [0.5, 0.6) is 0 Å². The standard InChI is InChI=1S/FH.N3.Na/c;1-3-2;/h1H;;/q;-1;+1. The molecule has 0 bridgehead atoms. The summed E-state index contributed by atoms with van der Waals surface area (Å²) in [6, 6.07) is 0. The van der Waals surface area contributed by atoms with Crippen LogP contribution in [0.1, 0.15) is 0 Å². The summed E-state index contributed by atoms with van der Waals surface area (Å²) in [6.07, 6.45) is 0. The van der Waals surface area contributed by atoms with Gasteiger partial charge in [-0.15, -0.1) is 0 Å². The summed E-state index contributed by atoms with van der Waals surface area (Å²) in [6.45, 7) is 0. The molecule has 0 N–H and O–H groups in total. The summed E-state index contributed by atoms with van der Waals surface area (Å²) < 4.78 is 0. The molecular weight excluding hydrogens is 84.0 g/mol. The third kappa shape index (κ3) is 369. The first kappa shape index (κ1) is 18.8. The van der Waals surface area contributed by atoms with Crippen LogP contribution in [0.4, 0.5) is 4.70 Å². The Hall–Kier alpha value is 0.240. The predicted molar refractivity (Wildman–Crippen MR) is 12.6 cm³/mol. The molecule has 0 amide bonds. The number of nitrogens with zero attached hydrogens (tertiary/aromatic N) is 3. The van der Waals surface area contributed by atoms with Gasteiger partial charge in [-0.25, -0.2) is 0 Å². The molecule has 0 saturated carbocycles. The number of hydrogen-bond donors (Lipinski definition) is 0. The van der Waals surface area contributed by atoms with Crippen molar-refractivity contribution in [1.29, 1.82) is 0 Å². The molecule has 3 nitrogen and oxygen atoms in total. The average molecular weight is 85.0 g/mol. The maximum Gasteiger partial charge on any atom is 1.00 e. The molecule has 0 unspecified atom stereocenters. The van der Waals surface area contributed by atoms with Gasteiger partial charge >= 0.3 is 29.6 Å². The molecule has 0 fully saturated rings. The molecule has 0 heterocycles. The third-order valence-corrected chi connectivity index (χ3v) is 0. The maximum atomic E-state index is 6.75. The van der Waals surface area contributed by atoms with E-state index in [1.54, 1.807) is 0 Å². The van der Waals surface area contributed by atoms with Crippen LogP contribution in [-0.2, 0) is 0 Å². The predicted octanol–water partition coefficient (Wildman–Crippen LogP) is -1.98. The summed E-state index contributed by atoms with van der Waals surface area (Å²) in [5, 5.41) is 0. The van der Waals surface area contributed by atoms with Gasteiger partial charge in [-0.05, 0) is 0 Å². The SMILES string of the molecule is F.[N-]=[N+]=[N-].[Na+]. The molecule has 0 aliphatic carbocycles. The molecule has 0 spiro atoms. The van der Waals surface area contributed by atoms with Crippen molar-refractivity contribution in [3.05, 3.63) is 16.0 Å². The molecule has 0 atom stereocenters. The monoisotopic (exact) mass is 85.0 g/mol. The molecule has 0 rings (SSSR count). The molecule has 0 radical (unpaired) electrons. The summed E-state index contributed by atoms with van der Waals surface area (Å²) in [5.74, 6) is 0. The van der Waals surface area contributed by atoms with Gasteiger partial charge in [0, 0.05) is 0 Å². The third-order valence-electron chi connectivity index (χ3n) is 0. The molecule has 5 heavy (non-hydrogen) atoms. The summed E-state index contributed by atoms with van der Waals surface area (Å²) in [7, 11) is 0. The van der Waals surface area contributed by atoms with Gasteiger partial charge < -0.3 is 11.1 Å². The minimum absolute atomic E-state index is 0. The zero-order valence-electron chi connectivity index (χ0n) is 2.75. The summed E-state index contributed by atoms with van der Waals surface area (Å²) in [4.78, 5) is 1.50. The molecule has 0 aliphatic rings. The van der Waals surface area contributed by atoms with Crippen LogP contribution < -0.4 is 29.6 Å². The largest absolute Gasteiger partial charge is 1.00 e. The molecule has 0 aromatic carbocycles. The molecule has 5 heteroatoms. The number of rotatable bonds is 0. The Bertz CT molecular complexity index is 27.9. The van der Waals surface area contributed by atoms with E-state index < -0.39 is 0 Å². The smallest absolute Gasteiger partial charge is 0.373 e. The fourth-order valence-corrected chi connectivity index (χ4v) is 0. The minimum atomic E-state index is 0. The maximum absolute atomic E-state index is 6.75. The van der Waals surface area contributed by atoms with Gasteiger partial charge in [0.15, 0.2) is 0 Å². The average Bonchev–Trinajstić information content (AvgIpc) is 0.918. The Morgan fingerprint density at radius 3 is 1.20 bits per heavy atom. The quantitative estimate of drug-likeness (QED) is 0.142. The Labute approximate surface area is 50.4 Å². The first-order valence-electron chi connectivity index (χ1n) is 0.400. The van der Waals surface area contributed by atoms with Gasteiger partial charge in [0.1, 0.15) is 0 Å². The van der Waals surface area contributed by atoms with E-state index in [2.05, 4.69) is 0 Å². The van der Waals surface area contributed by atoms with E-state index in [1.165, 1.54) is 4.91 Å². The van der Waals surface area contributed by atoms with Crippen LogP contribution in [0.25, 0.3) is 16.0 Å². The van der Waals surface area contributed by atoms with E-state index in [0.29, 0.717) is 0 Å². The van der Waals surface area contributed by atoms with E-state index in [1.807, 2.05) is 0 Å². The van der Waals surface area contributed by atoms with Gasteiger partial charge in [-0.3, -0.25) is 9.62 Å². The summed E-state index contributed by atoms with van der Waals surface area (Å²) >= 11 is 0. The van der Waals surface area contributed by atoms with Gasteiger partial charge in [-0.1, -0.05) is 0 Å². The minimum Gasteiger partial charge on any atom is -0.373 e. The van der Waals surface area contributed by atoms with Crippen molar-refractivity contribution in [2.24, 2.45) is 0 Å². The van der Waals surface area contributed by atoms with Gasteiger partial charge in [0.2, 0.25) is 0 Å². The molecule has 0 saturated heterocycles. The van der Waals surface area contributed by atoms with Crippen LogP contribution in [-0.4, -0.2) is 0 Å². The van der Waals surface area contributed by atoms with Crippen LogP contribution in [0.2, 0.25) is 0 Å². The fraction of sp³-hybridized carbons (Fsp3) is 0. The van der Waals surface area contributed by atoms with Gasteiger partial charge in [-0.2, -0.15) is 0 Å². The van der Waals surface area contributed by atoms with Crippen molar-refractivity contribution in [2.75, 3.05) is 0 Å². The Morgan fingerprint density at radius 1 is 1.20 bits per heavy atom. The Morgan fingerprint density at radius 2 is 1.20 bits per heavy atom. The number of hydrogen-bond acceptors (Lipinski definition) is 0. The zero-order valence-corrected chi connectivity index (χ0v) is 4.75. The van der Waals surface area contributed by atoms with Crippen molar-refractivity contribution < 1.29 is 34.3 Å². The first-order valence-corrected chi connectivity index (χ1v) is 0.400. The van der Waals surface area contributed by atoms with E-state index in [0.717, 1.165) is 0 Å². The Balaban J connectivity index is -0.0000000200. The van der Waals surface area contributed by atoms with Crippen molar-refractivity contribution >= 4 is 0 Å². The normalized spacial score (nSPS) is 1.60. The zero-order chi connectivity index (χ0) is 2.71. The van der Waals surface area contributed by atoms with Crippen LogP contribution >= 0.6 is 0 Å². The molecular formula is HFN3Na. The second kappa shape index (κ2) is 28.9. The second-order valence-electron chi connectivity index (χ2n) is 0.0894. The van der Waals surface area contributed by atoms with Crippen molar-refractivity contribution in [1.82, 2.24) is 0 Å². The van der Waals surface area contributed by atoms with Gasteiger partial charge in [0.25, 0.3) is 0 Å². The fourth-order valence-electron chi connectivity index (χ4n) is 0. The molecule has 0 aromatic heterocycles. The van der Waals surface area contributed by atoms with Crippen molar-refractivity contribution in [3.63, 3.8) is 0 Å². The van der Waals surface area contributed by atoms with Crippen LogP contribution in [0, 0.1) is 0 Å². The molecule has 0 aliphatic heterocycles. The van der Waals surface area contributed by atoms with Gasteiger partial charge in [0.05, 0.1) is 0 Å². The van der Waals surface area contributed by atoms with E-state index >= 15 is 0 Å². The topological polar surface area (TPSA) is 58.7 Å². The van der Waals surface area contributed by atoms with Crippen LogP contribution in [0.3, 0.4) is 0 Å². The van der Waals surface area contributed by atoms with Crippen LogP contribution in [0.15, 0.2) is 0 Å². The van der Waals surface area contributed by atoms with E-state index in [9.17, 15) is 0 Å². The Kier molecular flexibility index (Phi) is 109. The van der Waals surface area contributed by atoms with E-state index in [4.69, 9.17) is 11.1 Å². The van der Waals surface area contributed by atoms with E-state index in [-0.39, 0.29) is 34.3 Å². The first-order chi connectivity index (χ1) is 1.41. The van der Waals surface area contributed by atoms with Crippen molar-refractivity contribution in [3.8, 4) is 0 Å². The molecule has 0 aromatic rings. The van der Waals surface area contributed by atoms with Crippen molar-refractivity contribution in [2.45, 2.75) is 0 Å².